The van der Waals surface area contributed by atoms with Gasteiger partial charge >= 0.3 is 0 Å². The molecule has 0 spiro atoms. The topological polar surface area (TPSA) is 52.8 Å². The van der Waals surface area contributed by atoms with E-state index >= 15 is 0 Å². The maximum Gasteiger partial charge on any atom is 0.163 e. The second-order valence-electron chi connectivity index (χ2n) is 3.53. The van der Waals surface area contributed by atoms with Crippen molar-refractivity contribution in [1.82, 2.24) is 19.7 Å². The second kappa shape index (κ2) is 3.86. The molecule has 5 nitrogen and oxygen atoms in total. The summed E-state index contributed by atoms with van der Waals surface area (Å²) in [5.74, 6) is 1.57. The lowest BCUT2D eigenvalue weighted by Gasteiger charge is -2.08. The quantitative estimate of drug-likeness (QED) is 0.668. The monoisotopic (exact) mass is 226 g/mol. The minimum absolute atomic E-state index is 0.749. The Kier molecular flexibility index (Phi) is 2.22. The Hall–Kier alpha value is -2.43. The van der Waals surface area contributed by atoms with Gasteiger partial charge in [0.05, 0.1) is 7.11 Å². The average molecular weight is 226 g/mol. The van der Waals surface area contributed by atoms with Crippen molar-refractivity contribution in [3.05, 3.63) is 43.1 Å². The molecule has 0 amide bonds. The predicted octanol–water partition coefficient (Wildman–Crippen LogP) is 1.82. The van der Waals surface area contributed by atoms with Crippen molar-refractivity contribution in [2.24, 2.45) is 0 Å². The van der Waals surface area contributed by atoms with E-state index < -0.39 is 0 Å². The number of hydrogen-bond donors (Lipinski definition) is 0. The van der Waals surface area contributed by atoms with Crippen molar-refractivity contribution in [2.75, 3.05) is 7.11 Å². The summed E-state index contributed by atoms with van der Waals surface area (Å²) in [5.41, 5.74) is 0. The minimum atomic E-state index is 0.749. The van der Waals surface area contributed by atoms with E-state index in [4.69, 9.17) is 4.74 Å². The molecule has 3 rings (SSSR count). The Morgan fingerprint density at radius 2 is 2.12 bits per heavy atom. The molecule has 0 radical (unpaired) electrons. The Labute approximate surface area is 97.7 Å². The molecule has 5 heteroatoms. The Morgan fingerprint density at radius 3 is 2.88 bits per heavy atom. The summed E-state index contributed by atoms with van der Waals surface area (Å²) < 4.78 is 6.97. The molecule has 1 aromatic carbocycles. The van der Waals surface area contributed by atoms with Gasteiger partial charge in [0.15, 0.2) is 5.82 Å². The van der Waals surface area contributed by atoms with Crippen LogP contribution in [0.4, 0.5) is 0 Å². The van der Waals surface area contributed by atoms with E-state index in [1.54, 1.807) is 24.3 Å². The largest absolute Gasteiger partial charge is 0.496 e. The van der Waals surface area contributed by atoms with Crippen molar-refractivity contribution < 1.29 is 4.74 Å². The van der Waals surface area contributed by atoms with Crippen LogP contribution < -0.4 is 4.74 Å². The zero-order chi connectivity index (χ0) is 11.7. The molecule has 2 aromatic heterocycles. The Bertz CT molecular complexity index is 649. The van der Waals surface area contributed by atoms with Gasteiger partial charge < -0.3 is 4.74 Å². The fourth-order valence-corrected chi connectivity index (χ4v) is 1.84. The van der Waals surface area contributed by atoms with Crippen molar-refractivity contribution in [3.8, 4) is 11.6 Å². The molecule has 0 N–H and O–H groups in total. The van der Waals surface area contributed by atoms with Crippen LogP contribution in [0.3, 0.4) is 0 Å². The van der Waals surface area contributed by atoms with E-state index in [-0.39, 0.29) is 0 Å². The maximum absolute atomic E-state index is 5.33. The van der Waals surface area contributed by atoms with Crippen LogP contribution in [0.15, 0.2) is 43.1 Å². The number of nitrogens with zero attached hydrogens (tertiary/aromatic N) is 4. The second-order valence-corrected chi connectivity index (χ2v) is 3.53. The number of fused-ring (bicyclic) bond motifs is 1. The summed E-state index contributed by atoms with van der Waals surface area (Å²) in [7, 11) is 1.66. The summed E-state index contributed by atoms with van der Waals surface area (Å²) in [6, 6.07) is 7.77. The zero-order valence-corrected chi connectivity index (χ0v) is 9.24. The number of pyridine rings is 1. The number of aromatic nitrogens is 4. The summed E-state index contributed by atoms with van der Waals surface area (Å²) >= 11 is 0. The summed E-state index contributed by atoms with van der Waals surface area (Å²) in [4.78, 5) is 8.26. The molecule has 0 bridgehead atoms. The Balaban J connectivity index is 2.34. The third kappa shape index (κ3) is 1.52. The van der Waals surface area contributed by atoms with Crippen LogP contribution in [0.2, 0.25) is 0 Å². The first-order chi connectivity index (χ1) is 8.40. The van der Waals surface area contributed by atoms with E-state index in [2.05, 4.69) is 15.1 Å². The number of rotatable bonds is 2. The van der Waals surface area contributed by atoms with E-state index in [0.717, 1.165) is 22.3 Å². The van der Waals surface area contributed by atoms with E-state index in [1.165, 1.54) is 6.33 Å². The molecule has 0 aliphatic rings. The van der Waals surface area contributed by atoms with Gasteiger partial charge in [-0.2, -0.15) is 5.10 Å². The van der Waals surface area contributed by atoms with Gasteiger partial charge in [-0.05, 0) is 12.1 Å². The molecule has 0 aliphatic carbocycles. The molecule has 0 saturated heterocycles. The molecule has 17 heavy (non-hydrogen) atoms. The minimum Gasteiger partial charge on any atom is -0.496 e. The van der Waals surface area contributed by atoms with Crippen molar-refractivity contribution in [3.63, 3.8) is 0 Å². The van der Waals surface area contributed by atoms with Crippen LogP contribution in [-0.4, -0.2) is 26.9 Å². The lowest BCUT2D eigenvalue weighted by molar-refractivity contribution is 0.420. The molecule has 0 aliphatic heterocycles. The van der Waals surface area contributed by atoms with Gasteiger partial charge in [0.2, 0.25) is 0 Å². The molecule has 84 valence electrons. The SMILES string of the molecule is COc1cccc2c(-n3cncn3)nccc12. The third-order valence-corrected chi connectivity index (χ3v) is 2.60. The number of hydrogen-bond acceptors (Lipinski definition) is 4. The normalized spacial score (nSPS) is 10.6. The number of benzene rings is 1. The fourth-order valence-electron chi connectivity index (χ4n) is 1.84. The highest BCUT2D eigenvalue weighted by Gasteiger charge is 2.07. The molecule has 0 saturated carbocycles. The number of methoxy groups -OCH3 is 1. The van der Waals surface area contributed by atoms with Crippen LogP contribution >= 0.6 is 0 Å². The Morgan fingerprint density at radius 1 is 1.18 bits per heavy atom. The number of ether oxygens (including phenoxy) is 1. The summed E-state index contributed by atoms with van der Waals surface area (Å²) in [6.45, 7) is 0. The van der Waals surface area contributed by atoms with Crippen LogP contribution in [0.5, 0.6) is 5.75 Å². The van der Waals surface area contributed by atoms with E-state index in [0.29, 0.717) is 0 Å². The van der Waals surface area contributed by atoms with Gasteiger partial charge in [-0.3, -0.25) is 0 Å². The smallest absolute Gasteiger partial charge is 0.163 e. The van der Waals surface area contributed by atoms with E-state index in [1.807, 2.05) is 24.3 Å². The molecule has 2 heterocycles. The van der Waals surface area contributed by atoms with Gasteiger partial charge in [0.25, 0.3) is 0 Å². The van der Waals surface area contributed by atoms with Crippen LogP contribution in [0.1, 0.15) is 0 Å². The first kappa shape index (κ1) is 9.77. The molecule has 3 aromatic rings. The lowest BCUT2D eigenvalue weighted by atomic mass is 10.1. The highest BCUT2D eigenvalue weighted by molar-refractivity contribution is 5.92. The van der Waals surface area contributed by atoms with Gasteiger partial charge in [-0.1, -0.05) is 12.1 Å². The third-order valence-electron chi connectivity index (χ3n) is 2.60. The van der Waals surface area contributed by atoms with Gasteiger partial charge in [0, 0.05) is 17.0 Å². The molecular weight excluding hydrogens is 216 g/mol. The van der Waals surface area contributed by atoms with Gasteiger partial charge in [-0.25, -0.2) is 14.6 Å². The summed E-state index contributed by atoms with van der Waals surface area (Å²) in [6.07, 6.45) is 4.85. The molecular formula is C12H10N4O. The zero-order valence-electron chi connectivity index (χ0n) is 9.24. The van der Waals surface area contributed by atoms with Gasteiger partial charge in [0.1, 0.15) is 18.4 Å². The molecule has 0 unspecified atom stereocenters. The van der Waals surface area contributed by atoms with Crippen LogP contribution in [0.25, 0.3) is 16.6 Å². The first-order valence-electron chi connectivity index (χ1n) is 5.17. The van der Waals surface area contributed by atoms with Crippen molar-refractivity contribution >= 4 is 10.8 Å². The molecule has 0 atom stereocenters. The highest BCUT2D eigenvalue weighted by Crippen LogP contribution is 2.27. The fraction of sp³-hybridized carbons (Fsp3) is 0.0833. The average Bonchev–Trinajstić information content (AvgIpc) is 2.91. The van der Waals surface area contributed by atoms with E-state index in [9.17, 15) is 0 Å². The maximum atomic E-state index is 5.33. The van der Waals surface area contributed by atoms with Crippen molar-refractivity contribution in [2.45, 2.75) is 0 Å². The lowest BCUT2D eigenvalue weighted by Crippen LogP contribution is -1.99. The van der Waals surface area contributed by atoms with Crippen LogP contribution in [-0.2, 0) is 0 Å². The first-order valence-corrected chi connectivity index (χ1v) is 5.17. The standard InChI is InChI=1S/C12H10N4O/c1-17-11-4-2-3-10-9(11)5-6-14-12(10)16-8-13-7-15-16/h2-8H,1H3. The van der Waals surface area contributed by atoms with Crippen LogP contribution in [0, 0.1) is 0 Å². The highest BCUT2D eigenvalue weighted by atomic mass is 16.5. The summed E-state index contributed by atoms with van der Waals surface area (Å²) in [5, 5.41) is 6.09. The predicted molar refractivity (Wildman–Crippen MR) is 63.2 cm³/mol. The van der Waals surface area contributed by atoms with Crippen molar-refractivity contribution in [1.29, 1.82) is 0 Å². The molecule has 0 fully saturated rings. The van der Waals surface area contributed by atoms with Gasteiger partial charge in [-0.15, -0.1) is 0 Å².